The van der Waals surface area contributed by atoms with E-state index >= 15 is 0 Å². The van der Waals surface area contributed by atoms with Crippen molar-refractivity contribution in [1.82, 2.24) is 0 Å². The molecule has 9 heavy (non-hydrogen) atoms. The molecule has 0 bridgehead atoms. The van der Waals surface area contributed by atoms with Crippen molar-refractivity contribution in [2.75, 3.05) is 0 Å². The van der Waals surface area contributed by atoms with Gasteiger partial charge in [-0.15, -0.1) is 0 Å². The lowest BCUT2D eigenvalue weighted by atomic mass is 9.99. The Kier molecular flexibility index (Phi) is 1.26. The van der Waals surface area contributed by atoms with Crippen molar-refractivity contribution in [2.45, 2.75) is 38.1 Å². The topological polar surface area (TPSA) is 26.0 Å². The van der Waals surface area contributed by atoms with Gasteiger partial charge in [0.05, 0.1) is 0 Å². The van der Waals surface area contributed by atoms with Gasteiger partial charge in [0.2, 0.25) is 0 Å². The van der Waals surface area contributed by atoms with E-state index in [2.05, 4.69) is 0 Å². The van der Waals surface area contributed by atoms with Gasteiger partial charge in [-0.05, 0) is 37.5 Å². The molecule has 2 aliphatic carbocycles. The molecule has 0 radical (unpaired) electrons. The average molecular weight is 125 g/mol. The van der Waals surface area contributed by atoms with Crippen LogP contribution >= 0.6 is 0 Å². The molecule has 2 saturated carbocycles. The SMILES string of the molecule is N[C@H]1CCC[C@H]1C1CC1. The molecule has 0 spiro atoms. The Morgan fingerprint density at radius 2 is 1.78 bits per heavy atom. The van der Waals surface area contributed by atoms with E-state index in [0.29, 0.717) is 6.04 Å². The first kappa shape index (κ1) is 5.72. The van der Waals surface area contributed by atoms with Crippen LogP contribution in [0.4, 0.5) is 0 Å². The van der Waals surface area contributed by atoms with Crippen LogP contribution in [0, 0.1) is 11.8 Å². The Balaban J connectivity index is 1.93. The van der Waals surface area contributed by atoms with Crippen LogP contribution < -0.4 is 5.73 Å². The van der Waals surface area contributed by atoms with Crippen molar-refractivity contribution in [3.05, 3.63) is 0 Å². The molecule has 2 atom stereocenters. The standard InChI is InChI=1S/C8H15N/c9-8-3-1-2-7(8)6-4-5-6/h6-8H,1-5,9H2/t7-,8-/m0/s1. The number of hydrogen-bond donors (Lipinski definition) is 1. The van der Waals surface area contributed by atoms with Gasteiger partial charge in [-0.25, -0.2) is 0 Å². The van der Waals surface area contributed by atoms with Gasteiger partial charge in [0.25, 0.3) is 0 Å². The van der Waals surface area contributed by atoms with Crippen LogP contribution in [0.1, 0.15) is 32.1 Å². The fourth-order valence-electron chi connectivity index (χ4n) is 2.13. The van der Waals surface area contributed by atoms with Gasteiger partial charge < -0.3 is 5.73 Å². The highest BCUT2D eigenvalue weighted by atomic mass is 14.7. The predicted molar refractivity (Wildman–Crippen MR) is 38.0 cm³/mol. The van der Waals surface area contributed by atoms with Gasteiger partial charge in [0, 0.05) is 6.04 Å². The number of nitrogens with two attached hydrogens (primary N) is 1. The number of rotatable bonds is 1. The molecule has 52 valence electrons. The van der Waals surface area contributed by atoms with E-state index in [1.807, 2.05) is 0 Å². The molecule has 1 nitrogen and oxygen atoms in total. The summed E-state index contributed by atoms with van der Waals surface area (Å²) < 4.78 is 0. The molecule has 0 aromatic carbocycles. The molecule has 0 aromatic rings. The van der Waals surface area contributed by atoms with Crippen LogP contribution in [0.2, 0.25) is 0 Å². The summed E-state index contributed by atoms with van der Waals surface area (Å²) in [6.07, 6.45) is 7.05. The van der Waals surface area contributed by atoms with E-state index in [4.69, 9.17) is 5.73 Å². The molecular formula is C8H15N. The summed E-state index contributed by atoms with van der Waals surface area (Å²) in [7, 11) is 0. The van der Waals surface area contributed by atoms with E-state index in [9.17, 15) is 0 Å². The first-order chi connectivity index (χ1) is 4.38. The summed E-state index contributed by atoms with van der Waals surface area (Å²) in [4.78, 5) is 0. The first-order valence-corrected chi connectivity index (χ1v) is 4.13. The van der Waals surface area contributed by atoms with Crippen molar-refractivity contribution >= 4 is 0 Å². The number of hydrogen-bond acceptors (Lipinski definition) is 1. The van der Waals surface area contributed by atoms with Crippen LogP contribution in [-0.2, 0) is 0 Å². The maximum Gasteiger partial charge on any atom is 0.00698 e. The molecule has 2 aliphatic rings. The van der Waals surface area contributed by atoms with Crippen LogP contribution in [-0.4, -0.2) is 6.04 Å². The normalized spacial score (nSPS) is 43.7. The van der Waals surface area contributed by atoms with E-state index in [-0.39, 0.29) is 0 Å². The summed E-state index contributed by atoms with van der Waals surface area (Å²) >= 11 is 0. The largest absolute Gasteiger partial charge is 0.327 e. The minimum Gasteiger partial charge on any atom is -0.327 e. The fourth-order valence-corrected chi connectivity index (χ4v) is 2.13. The van der Waals surface area contributed by atoms with Gasteiger partial charge in [0.15, 0.2) is 0 Å². The van der Waals surface area contributed by atoms with Crippen molar-refractivity contribution in [3.8, 4) is 0 Å². The smallest absolute Gasteiger partial charge is 0.00698 e. The van der Waals surface area contributed by atoms with E-state index in [1.165, 1.54) is 32.1 Å². The monoisotopic (exact) mass is 125 g/mol. The third-order valence-corrected chi connectivity index (χ3v) is 2.85. The Hall–Kier alpha value is -0.0400. The quantitative estimate of drug-likeness (QED) is 0.565. The maximum absolute atomic E-state index is 5.92. The third-order valence-electron chi connectivity index (χ3n) is 2.85. The highest BCUT2D eigenvalue weighted by Crippen LogP contribution is 2.44. The lowest BCUT2D eigenvalue weighted by Crippen LogP contribution is -2.25. The van der Waals surface area contributed by atoms with Crippen LogP contribution in [0.15, 0.2) is 0 Å². The summed E-state index contributed by atoms with van der Waals surface area (Å²) in [6.45, 7) is 0. The fraction of sp³-hybridized carbons (Fsp3) is 1.00. The summed E-state index contributed by atoms with van der Waals surface area (Å²) in [5.41, 5.74) is 5.92. The zero-order valence-electron chi connectivity index (χ0n) is 5.84. The second-order valence-electron chi connectivity index (χ2n) is 3.60. The van der Waals surface area contributed by atoms with Crippen LogP contribution in [0.25, 0.3) is 0 Å². The van der Waals surface area contributed by atoms with E-state index in [1.54, 1.807) is 0 Å². The Labute approximate surface area is 56.6 Å². The van der Waals surface area contributed by atoms with Crippen molar-refractivity contribution in [3.63, 3.8) is 0 Å². The van der Waals surface area contributed by atoms with Crippen molar-refractivity contribution < 1.29 is 0 Å². The van der Waals surface area contributed by atoms with E-state index in [0.717, 1.165) is 11.8 Å². The van der Waals surface area contributed by atoms with Gasteiger partial charge in [0.1, 0.15) is 0 Å². The van der Waals surface area contributed by atoms with Crippen molar-refractivity contribution in [1.29, 1.82) is 0 Å². The lowest BCUT2D eigenvalue weighted by Gasteiger charge is -2.12. The molecule has 2 fully saturated rings. The maximum atomic E-state index is 5.92. The predicted octanol–water partition coefficient (Wildman–Crippen LogP) is 1.52. The zero-order valence-corrected chi connectivity index (χ0v) is 5.84. The Bertz CT molecular complexity index is 107. The third kappa shape index (κ3) is 0.983. The van der Waals surface area contributed by atoms with Crippen LogP contribution in [0.5, 0.6) is 0 Å². The van der Waals surface area contributed by atoms with E-state index < -0.39 is 0 Å². The first-order valence-electron chi connectivity index (χ1n) is 4.13. The molecule has 0 unspecified atom stereocenters. The minimum atomic E-state index is 0.567. The molecule has 2 N–H and O–H groups in total. The molecule has 0 heterocycles. The lowest BCUT2D eigenvalue weighted by molar-refractivity contribution is 0.425. The summed E-state index contributed by atoms with van der Waals surface area (Å²) in [5, 5.41) is 0. The molecule has 2 rings (SSSR count). The highest BCUT2D eigenvalue weighted by molar-refractivity contribution is 4.91. The molecular weight excluding hydrogens is 110 g/mol. The molecule has 0 amide bonds. The Morgan fingerprint density at radius 3 is 2.22 bits per heavy atom. The second kappa shape index (κ2) is 1.98. The zero-order chi connectivity index (χ0) is 6.27. The second-order valence-corrected chi connectivity index (χ2v) is 3.60. The minimum absolute atomic E-state index is 0.567. The van der Waals surface area contributed by atoms with Gasteiger partial charge in [-0.3, -0.25) is 0 Å². The Morgan fingerprint density at radius 1 is 1.00 bits per heavy atom. The summed E-state index contributed by atoms with van der Waals surface area (Å²) in [6, 6.07) is 0.567. The van der Waals surface area contributed by atoms with Crippen LogP contribution in [0.3, 0.4) is 0 Å². The van der Waals surface area contributed by atoms with Crippen molar-refractivity contribution in [2.24, 2.45) is 17.6 Å². The molecule has 0 aliphatic heterocycles. The van der Waals surface area contributed by atoms with Gasteiger partial charge in [-0.1, -0.05) is 6.42 Å². The average Bonchev–Trinajstić information content (AvgIpc) is 2.58. The molecule has 0 saturated heterocycles. The van der Waals surface area contributed by atoms with Gasteiger partial charge >= 0.3 is 0 Å². The van der Waals surface area contributed by atoms with Gasteiger partial charge in [-0.2, -0.15) is 0 Å². The molecule has 1 heteroatoms. The molecule has 0 aromatic heterocycles. The highest BCUT2D eigenvalue weighted by Gasteiger charge is 2.37. The summed E-state index contributed by atoms with van der Waals surface area (Å²) in [5.74, 6) is 1.97.